The number of anilines is 1. The minimum atomic E-state index is 0.0829. The highest BCUT2D eigenvalue weighted by Gasteiger charge is 2.42. The van der Waals surface area contributed by atoms with Crippen molar-refractivity contribution in [1.29, 1.82) is 0 Å². The Morgan fingerprint density at radius 2 is 1.96 bits per heavy atom. The number of nitrogens with one attached hydrogen (secondary N) is 2. The molecule has 1 aromatic carbocycles. The summed E-state index contributed by atoms with van der Waals surface area (Å²) in [6.07, 6.45) is 5.09. The van der Waals surface area contributed by atoms with Gasteiger partial charge in [0.05, 0.1) is 13.2 Å². The molecular weight excluding hydrogens is 292 g/mol. The normalized spacial score (nSPS) is 17.1. The first kappa shape index (κ1) is 16.1. The van der Waals surface area contributed by atoms with Crippen LogP contribution in [-0.4, -0.2) is 38.8 Å². The van der Waals surface area contributed by atoms with Gasteiger partial charge in [0.25, 0.3) is 0 Å². The SMILES string of the molecule is COCCOc1cccc(NCC(=O)NC(C2CC2)C2CC2)c1. The van der Waals surface area contributed by atoms with E-state index >= 15 is 0 Å². The van der Waals surface area contributed by atoms with Gasteiger partial charge in [0, 0.05) is 24.9 Å². The predicted octanol–water partition coefficient (Wildman–Crippen LogP) is 2.43. The van der Waals surface area contributed by atoms with Gasteiger partial charge in [0.1, 0.15) is 12.4 Å². The maximum atomic E-state index is 12.2. The molecule has 23 heavy (non-hydrogen) atoms. The van der Waals surface area contributed by atoms with E-state index in [2.05, 4.69) is 10.6 Å². The van der Waals surface area contributed by atoms with Crippen molar-refractivity contribution < 1.29 is 14.3 Å². The van der Waals surface area contributed by atoms with Crippen LogP contribution >= 0.6 is 0 Å². The van der Waals surface area contributed by atoms with Crippen LogP contribution in [0.3, 0.4) is 0 Å². The fourth-order valence-electron chi connectivity index (χ4n) is 2.89. The molecule has 2 N–H and O–H groups in total. The number of benzene rings is 1. The summed E-state index contributed by atoms with van der Waals surface area (Å²) in [6.45, 7) is 1.38. The molecule has 0 unspecified atom stereocenters. The third kappa shape index (κ3) is 5.13. The van der Waals surface area contributed by atoms with Gasteiger partial charge in [-0.3, -0.25) is 4.79 Å². The first-order chi connectivity index (χ1) is 11.3. The van der Waals surface area contributed by atoms with Crippen LogP contribution in [0.25, 0.3) is 0 Å². The Hall–Kier alpha value is -1.75. The number of hydrogen-bond donors (Lipinski definition) is 2. The molecule has 0 spiro atoms. The quantitative estimate of drug-likeness (QED) is 0.651. The summed E-state index contributed by atoms with van der Waals surface area (Å²) in [4.78, 5) is 12.2. The molecule has 2 aliphatic carbocycles. The zero-order valence-corrected chi connectivity index (χ0v) is 13.7. The number of carbonyl (C=O) groups excluding carboxylic acids is 1. The number of rotatable bonds is 10. The van der Waals surface area contributed by atoms with Crippen LogP contribution in [0.1, 0.15) is 25.7 Å². The fourth-order valence-corrected chi connectivity index (χ4v) is 2.89. The molecule has 2 fully saturated rings. The van der Waals surface area contributed by atoms with Crippen molar-refractivity contribution in [2.24, 2.45) is 11.8 Å². The average Bonchev–Trinajstić information content (AvgIpc) is 3.45. The Kier molecular flexibility index (Phi) is 5.39. The molecule has 5 heteroatoms. The molecule has 5 nitrogen and oxygen atoms in total. The van der Waals surface area contributed by atoms with Gasteiger partial charge in [-0.25, -0.2) is 0 Å². The van der Waals surface area contributed by atoms with E-state index in [4.69, 9.17) is 9.47 Å². The lowest BCUT2D eigenvalue weighted by atomic mass is 10.1. The van der Waals surface area contributed by atoms with E-state index in [1.165, 1.54) is 25.7 Å². The second-order valence-corrected chi connectivity index (χ2v) is 6.49. The number of amides is 1. The topological polar surface area (TPSA) is 59.6 Å². The van der Waals surface area contributed by atoms with Gasteiger partial charge in [-0.05, 0) is 49.7 Å². The second-order valence-electron chi connectivity index (χ2n) is 6.49. The summed E-state index contributed by atoms with van der Waals surface area (Å²) in [5, 5.41) is 6.39. The van der Waals surface area contributed by atoms with E-state index in [1.807, 2.05) is 24.3 Å². The van der Waals surface area contributed by atoms with Crippen LogP contribution in [-0.2, 0) is 9.53 Å². The number of carbonyl (C=O) groups is 1. The Bertz CT molecular complexity index is 515. The number of hydrogen-bond acceptors (Lipinski definition) is 4. The third-order valence-corrected chi connectivity index (χ3v) is 4.43. The van der Waals surface area contributed by atoms with E-state index in [-0.39, 0.29) is 5.91 Å². The molecule has 0 aromatic heterocycles. The molecule has 3 rings (SSSR count). The average molecular weight is 318 g/mol. The third-order valence-electron chi connectivity index (χ3n) is 4.43. The van der Waals surface area contributed by atoms with Crippen LogP contribution in [0.2, 0.25) is 0 Å². The van der Waals surface area contributed by atoms with E-state index in [0.29, 0.717) is 25.8 Å². The van der Waals surface area contributed by atoms with Gasteiger partial charge < -0.3 is 20.1 Å². The van der Waals surface area contributed by atoms with Crippen molar-refractivity contribution in [3.05, 3.63) is 24.3 Å². The van der Waals surface area contributed by atoms with Gasteiger partial charge in [-0.15, -0.1) is 0 Å². The van der Waals surface area contributed by atoms with Gasteiger partial charge in [-0.1, -0.05) is 6.07 Å². The Balaban J connectivity index is 1.43. The largest absolute Gasteiger partial charge is 0.491 e. The highest BCUT2D eigenvalue weighted by Crippen LogP contribution is 2.44. The van der Waals surface area contributed by atoms with Gasteiger partial charge in [-0.2, -0.15) is 0 Å². The lowest BCUT2D eigenvalue weighted by Gasteiger charge is -2.18. The summed E-state index contributed by atoms with van der Waals surface area (Å²) >= 11 is 0. The molecule has 0 atom stereocenters. The molecule has 0 radical (unpaired) electrons. The molecule has 2 saturated carbocycles. The molecule has 0 bridgehead atoms. The molecular formula is C18H26N2O3. The first-order valence-electron chi connectivity index (χ1n) is 8.51. The van der Waals surface area contributed by atoms with E-state index in [1.54, 1.807) is 7.11 Å². The lowest BCUT2D eigenvalue weighted by Crippen LogP contribution is -2.41. The van der Waals surface area contributed by atoms with Gasteiger partial charge in [0.15, 0.2) is 0 Å². The van der Waals surface area contributed by atoms with Gasteiger partial charge >= 0.3 is 0 Å². The lowest BCUT2D eigenvalue weighted by molar-refractivity contribution is -0.120. The van der Waals surface area contributed by atoms with Crippen molar-refractivity contribution in [3.8, 4) is 5.75 Å². The summed E-state index contributed by atoms with van der Waals surface area (Å²) in [6, 6.07) is 8.07. The van der Waals surface area contributed by atoms with Crippen molar-refractivity contribution >= 4 is 11.6 Å². The molecule has 1 aromatic rings. The molecule has 0 heterocycles. The van der Waals surface area contributed by atoms with Crippen molar-refractivity contribution in [2.75, 3.05) is 32.2 Å². The fraction of sp³-hybridized carbons (Fsp3) is 0.611. The number of methoxy groups -OCH3 is 1. The summed E-state index contributed by atoms with van der Waals surface area (Å²) in [5.41, 5.74) is 0.893. The van der Waals surface area contributed by atoms with Crippen molar-refractivity contribution in [3.63, 3.8) is 0 Å². The molecule has 1 amide bonds. The molecule has 0 saturated heterocycles. The summed E-state index contributed by atoms with van der Waals surface area (Å²) < 4.78 is 10.5. The van der Waals surface area contributed by atoms with E-state index in [9.17, 15) is 4.79 Å². The second kappa shape index (κ2) is 7.68. The minimum Gasteiger partial charge on any atom is -0.491 e. The molecule has 2 aliphatic rings. The van der Waals surface area contributed by atoms with Crippen molar-refractivity contribution in [2.45, 2.75) is 31.7 Å². The minimum absolute atomic E-state index is 0.0829. The highest BCUT2D eigenvalue weighted by molar-refractivity contribution is 5.81. The monoisotopic (exact) mass is 318 g/mol. The Morgan fingerprint density at radius 3 is 2.61 bits per heavy atom. The maximum Gasteiger partial charge on any atom is 0.239 e. The van der Waals surface area contributed by atoms with Crippen LogP contribution < -0.4 is 15.4 Å². The highest BCUT2D eigenvalue weighted by atomic mass is 16.5. The maximum absolute atomic E-state index is 12.2. The standard InChI is InChI=1S/C18H26N2O3/c1-22-9-10-23-16-4-2-3-15(11-16)19-12-17(21)20-18(13-5-6-13)14-7-8-14/h2-4,11,13-14,18-19H,5-10,12H2,1H3,(H,20,21). The van der Waals surface area contributed by atoms with E-state index < -0.39 is 0 Å². The van der Waals surface area contributed by atoms with Gasteiger partial charge in [0.2, 0.25) is 5.91 Å². The van der Waals surface area contributed by atoms with Crippen LogP contribution in [0, 0.1) is 11.8 Å². The Labute approximate surface area is 137 Å². The van der Waals surface area contributed by atoms with E-state index in [0.717, 1.165) is 23.3 Å². The first-order valence-corrected chi connectivity index (χ1v) is 8.51. The molecule has 0 aliphatic heterocycles. The smallest absolute Gasteiger partial charge is 0.239 e. The zero-order chi connectivity index (χ0) is 16.1. The number of ether oxygens (including phenoxy) is 2. The van der Waals surface area contributed by atoms with Crippen LogP contribution in [0.15, 0.2) is 24.3 Å². The Morgan fingerprint density at radius 1 is 1.22 bits per heavy atom. The zero-order valence-electron chi connectivity index (χ0n) is 13.7. The summed E-state index contributed by atoms with van der Waals surface area (Å²) in [7, 11) is 1.65. The van der Waals surface area contributed by atoms with Crippen LogP contribution in [0.5, 0.6) is 5.75 Å². The van der Waals surface area contributed by atoms with Crippen molar-refractivity contribution in [1.82, 2.24) is 5.32 Å². The molecule has 126 valence electrons. The predicted molar refractivity (Wildman–Crippen MR) is 89.7 cm³/mol. The van der Waals surface area contributed by atoms with Crippen LogP contribution in [0.4, 0.5) is 5.69 Å². The summed E-state index contributed by atoms with van der Waals surface area (Å²) in [5.74, 6) is 2.31.